The van der Waals surface area contributed by atoms with Gasteiger partial charge in [0.25, 0.3) is 5.56 Å². The van der Waals surface area contributed by atoms with Gasteiger partial charge in [0.05, 0.1) is 5.75 Å². The van der Waals surface area contributed by atoms with E-state index in [1.807, 2.05) is 4.57 Å². The number of carboxylic acid groups (broad SMARTS) is 1. The molecule has 0 saturated heterocycles. The molecule has 0 aromatic carbocycles. The number of carboxylic acids is 1. The van der Waals surface area contributed by atoms with Crippen molar-refractivity contribution >= 4 is 29.5 Å². The zero-order valence-corrected chi connectivity index (χ0v) is 12.0. The highest BCUT2D eigenvalue weighted by molar-refractivity contribution is 7.99. The molecule has 0 aliphatic carbocycles. The summed E-state index contributed by atoms with van der Waals surface area (Å²) in [6.45, 7) is 2.86. The third kappa shape index (κ3) is 5.14. The van der Waals surface area contributed by atoms with E-state index >= 15 is 0 Å². The lowest BCUT2D eigenvalue weighted by atomic mass is 10.3. The smallest absolute Gasteiger partial charge is 0.313 e. The van der Waals surface area contributed by atoms with Crippen molar-refractivity contribution in [1.82, 2.24) is 9.55 Å². The summed E-state index contributed by atoms with van der Waals surface area (Å²) >= 11 is 2.85. The number of aliphatic carboxylic acids is 1. The van der Waals surface area contributed by atoms with Crippen LogP contribution in [0.2, 0.25) is 0 Å². The fourth-order valence-corrected chi connectivity index (χ4v) is 2.33. The van der Waals surface area contributed by atoms with Crippen molar-refractivity contribution in [2.75, 3.05) is 12.0 Å². The van der Waals surface area contributed by atoms with Gasteiger partial charge in [-0.2, -0.15) is 16.7 Å². The Balaban J connectivity index is 2.76. The Morgan fingerprint density at radius 1 is 1.61 bits per heavy atom. The standard InChI is InChI=1S/C11H16N2O3S2/c1-8(17-2)3-5-13-6-4-9(14)12-11(13)18-7-10(15)16/h4,6,8H,3,5,7H2,1-2H3,(H,15,16). The highest BCUT2D eigenvalue weighted by Gasteiger charge is 2.08. The van der Waals surface area contributed by atoms with Crippen LogP contribution >= 0.6 is 23.5 Å². The van der Waals surface area contributed by atoms with E-state index in [9.17, 15) is 9.59 Å². The lowest BCUT2D eigenvalue weighted by Crippen LogP contribution is -2.15. The summed E-state index contributed by atoms with van der Waals surface area (Å²) in [5.41, 5.74) is -0.336. The number of carbonyl (C=O) groups is 1. The van der Waals surface area contributed by atoms with E-state index in [-0.39, 0.29) is 11.3 Å². The second kappa shape index (κ2) is 7.48. The molecule has 5 nitrogen and oxygen atoms in total. The molecule has 0 radical (unpaired) electrons. The van der Waals surface area contributed by atoms with E-state index in [0.29, 0.717) is 10.4 Å². The SMILES string of the molecule is CSC(C)CCn1ccc(=O)nc1SCC(=O)O. The van der Waals surface area contributed by atoms with Crippen molar-refractivity contribution in [1.29, 1.82) is 0 Å². The van der Waals surface area contributed by atoms with E-state index in [4.69, 9.17) is 5.11 Å². The third-order valence-corrected chi connectivity index (χ3v) is 4.37. The van der Waals surface area contributed by atoms with Crippen molar-refractivity contribution < 1.29 is 9.90 Å². The molecule has 0 aliphatic heterocycles. The van der Waals surface area contributed by atoms with E-state index in [1.165, 1.54) is 6.07 Å². The van der Waals surface area contributed by atoms with Crippen LogP contribution in [0.1, 0.15) is 13.3 Å². The van der Waals surface area contributed by atoms with Gasteiger partial charge in [0.2, 0.25) is 0 Å². The summed E-state index contributed by atoms with van der Waals surface area (Å²) in [6.07, 6.45) is 4.67. The van der Waals surface area contributed by atoms with Crippen molar-refractivity contribution in [2.45, 2.75) is 30.3 Å². The number of thioether (sulfide) groups is 2. The zero-order chi connectivity index (χ0) is 13.5. The minimum absolute atomic E-state index is 0.0888. The van der Waals surface area contributed by atoms with Crippen molar-refractivity contribution in [3.8, 4) is 0 Å². The number of aromatic nitrogens is 2. The molecule has 0 saturated carbocycles. The van der Waals surface area contributed by atoms with Crippen LogP contribution in [0, 0.1) is 0 Å². The van der Waals surface area contributed by atoms with Crippen LogP contribution in [0.15, 0.2) is 22.2 Å². The van der Waals surface area contributed by atoms with E-state index < -0.39 is 5.97 Å². The maximum absolute atomic E-state index is 11.2. The lowest BCUT2D eigenvalue weighted by molar-refractivity contribution is -0.133. The first-order chi connectivity index (χ1) is 8.52. The van der Waals surface area contributed by atoms with Gasteiger partial charge in [0.1, 0.15) is 0 Å². The highest BCUT2D eigenvalue weighted by atomic mass is 32.2. The number of nitrogens with zero attached hydrogens (tertiary/aromatic N) is 2. The van der Waals surface area contributed by atoms with Crippen molar-refractivity contribution in [2.24, 2.45) is 0 Å². The highest BCUT2D eigenvalue weighted by Crippen LogP contribution is 2.16. The third-order valence-electron chi connectivity index (χ3n) is 2.35. The molecule has 1 N–H and O–H groups in total. The Bertz CT molecular complexity index is 462. The average molecular weight is 288 g/mol. The monoisotopic (exact) mass is 288 g/mol. The predicted molar refractivity (Wildman–Crippen MR) is 74.5 cm³/mol. The average Bonchev–Trinajstić information content (AvgIpc) is 2.34. The normalized spacial score (nSPS) is 12.3. The van der Waals surface area contributed by atoms with Gasteiger partial charge < -0.3 is 9.67 Å². The molecule has 0 bridgehead atoms. The van der Waals surface area contributed by atoms with Crippen LogP contribution in [-0.4, -0.2) is 37.9 Å². The summed E-state index contributed by atoms with van der Waals surface area (Å²) in [4.78, 5) is 25.6. The van der Waals surface area contributed by atoms with Crippen molar-refractivity contribution in [3.63, 3.8) is 0 Å². The number of aryl methyl sites for hydroxylation is 1. The van der Waals surface area contributed by atoms with Crippen LogP contribution in [0.4, 0.5) is 0 Å². The second-order valence-corrected chi connectivity index (χ2v) is 5.98. The lowest BCUT2D eigenvalue weighted by Gasteiger charge is -2.13. The fraction of sp³-hybridized carbons (Fsp3) is 0.545. The molecule has 0 spiro atoms. The van der Waals surface area contributed by atoms with Gasteiger partial charge in [-0.25, -0.2) is 0 Å². The van der Waals surface area contributed by atoms with Gasteiger partial charge in [-0.05, 0) is 12.7 Å². The van der Waals surface area contributed by atoms with E-state index in [0.717, 1.165) is 24.7 Å². The molecule has 18 heavy (non-hydrogen) atoms. The Kier molecular flexibility index (Phi) is 6.28. The Hall–Kier alpha value is -0.950. The molecule has 1 heterocycles. The van der Waals surface area contributed by atoms with Gasteiger partial charge in [-0.15, -0.1) is 0 Å². The zero-order valence-electron chi connectivity index (χ0n) is 10.3. The van der Waals surface area contributed by atoms with Gasteiger partial charge in [-0.1, -0.05) is 18.7 Å². The molecule has 100 valence electrons. The molecule has 1 unspecified atom stereocenters. The summed E-state index contributed by atoms with van der Waals surface area (Å²) in [6, 6.07) is 1.40. The number of hydrogen-bond donors (Lipinski definition) is 1. The fourth-order valence-electron chi connectivity index (χ4n) is 1.26. The minimum Gasteiger partial charge on any atom is -0.481 e. The first-order valence-corrected chi connectivity index (χ1v) is 7.75. The molecule has 1 rings (SSSR count). The molecule has 7 heteroatoms. The summed E-state index contributed by atoms with van der Waals surface area (Å²) in [7, 11) is 0. The molecular weight excluding hydrogens is 272 g/mol. The molecular formula is C11H16N2O3S2. The second-order valence-electron chi connectivity index (χ2n) is 3.76. The topological polar surface area (TPSA) is 72.2 Å². The first-order valence-electron chi connectivity index (χ1n) is 5.48. The predicted octanol–water partition coefficient (Wildman–Crippen LogP) is 1.56. The Morgan fingerprint density at radius 2 is 2.33 bits per heavy atom. The van der Waals surface area contributed by atoms with Crippen molar-refractivity contribution in [3.05, 3.63) is 22.6 Å². The summed E-state index contributed by atoms with van der Waals surface area (Å²) < 4.78 is 1.84. The molecule has 1 aromatic rings. The summed E-state index contributed by atoms with van der Waals surface area (Å²) in [5.74, 6) is -1.00. The maximum atomic E-state index is 11.2. The minimum atomic E-state index is -0.915. The summed E-state index contributed by atoms with van der Waals surface area (Å²) in [5, 5.41) is 9.64. The molecule has 0 fully saturated rings. The van der Waals surface area contributed by atoms with Crippen LogP contribution in [-0.2, 0) is 11.3 Å². The first kappa shape index (κ1) is 15.1. The largest absolute Gasteiger partial charge is 0.481 e. The number of hydrogen-bond acceptors (Lipinski definition) is 5. The van der Waals surface area contributed by atoms with Crippen LogP contribution in [0.5, 0.6) is 0 Å². The maximum Gasteiger partial charge on any atom is 0.313 e. The molecule has 1 atom stereocenters. The molecule has 0 amide bonds. The van der Waals surface area contributed by atoms with E-state index in [1.54, 1.807) is 18.0 Å². The van der Waals surface area contributed by atoms with Crippen LogP contribution in [0.25, 0.3) is 0 Å². The van der Waals surface area contributed by atoms with Gasteiger partial charge >= 0.3 is 5.97 Å². The quantitative estimate of drug-likeness (QED) is 0.606. The Morgan fingerprint density at radius 3 is 2.94 bits per heavy atom. The van der Waals surface area contributed by atoms with Gasteiger partial charge in [0, 0.05) is 24.1 Å². The van der Waals surface area contributed by atoms with Crippen LogP contribution < -0.4 is 5.56 Å². The van der Waals surface area contributed by atoms with Gasteiger partial charge in [-0.3, -0.25) is 9.59 Å². The molecule has 1 aromatic heterocycles. The van der Waals surface area contributed by atoms with Crippen LogP contribution in [0.3, 0.4) is 0 Å². The Labute approximate surface area is 114 Å². The number of rotatable bonds is 7. The van der Waals surface area contributed by atoms with Gasteiger partial charge in [0.15, 0.2) is 5.16 Å². The molecule has 0 aliphatic rings. The van der Waals surface area contributed by atoms with E-state index in [2.05, 4.69) is 18.2 Å².